The standard InChI is InChI=1S/C19H18O6/c1-23-14-7-8-16(17(21)9-10-20)18(11-14)25-12-13-5-3-4-6-15(13)19(22)24-2/h3-11,20H,12H2,1-2H3/b10-9+. The first-order valence-corrected chi connectivity index (χ1v) is 7.42. The van der Waals surface area contributed by atoms with Crippen molar-refractivity contribution >= 4 is 11.8 Å². The fourth-order valence-electron chi connectivity index (χ4n) is 2.22. The number of aliphatic hydroxyl groups is 1. The minimum absolute atomic E-state index is 0.0571. The van der Waals surface area contributed by atoms with Crippen molar-refractivity contribution in [3.05, 3.63) is 71.5 Å². The van der Waals surface area contributed by atoms with Crippen LogP contribution in [0.2, 0.25) is 0 Å². The van der Waals surface area contributed by atoms with Crippen molar-refractivity contribution in [1.82, 2.24) is 0 Å². The van der Waals surface area contributed by atoms with Crippen LogP contribution in [-0.2, 0) is 11.3 Å². The molecule has 6 nitrogen and oxygen atoms in total. The van der Waals surface area contributed by atoms with Crippen LogP contribution >= 0.6 is 0 Å². The Hall–Kier alpha value is -3.28. The first-order valence-electron chi connectivity index (χ1n) is 7.42. The zero-order chi connectivity index (χ0) is 18.2. The average molecular weight is 342 g/mol. The van der Waals surface area contributed by atoms with E-state index < -0.39 is 11.8 Å². The van der Waals surface area contributed by atoms with E-state index in [1.54, 1.807) is 42.5 Å². The van der Waals surface area contributed by atoms with E-state index in [1.165, 1.54) is 14.2 Å². The maximum absolute atomic E-state index is 12.1. The second kappa shape index (κ2) is 8.54. The molecular formula is C19H18O6. The van der Waals surface area contributed by atoms with Crippen LogP contribution < -0.4 is 9.47 Å². The second-order valence-electron chi connectivity index (χ2n) is 4.98. The van der Waals surface area contributed by atoms with E-state index in [-0.39, 0.29) is 17.9 Å². The van der Waals surface area contributed by atoms with Crippen molar-refractivity contribution in [2.24, 2.45) is 0 Å². The molecule has 2 rings (SSSR count). The molecule has 0 aliphatic carbocycles. The third kappa shape index (κ3) is 4.38. The van der Waals surface area contributed by atoms with Gasteiger partial charge < -0.3 is 19.3 Å². The van der Waals surface area contributed by atoms with Crippen molar-refractivity contribution in [2.75, 3.05) is 14.2 Å². The molecule has 0 radical (unpaired) electrons. The highest BCUT2D eigenvalue weighted by Crippen LogP contribution is 2.27. The summed E-state index contributed by atoms with van der Waals surface area (Å²) >= 11 is 0. The fraction of sp³-hybridized carbons (Fsp3) is 0.158. The number of aliphatic hydroxyl groups excluding tert-OH is 1. The van der Waals surface area contributed by atoms with E-state index in [2.05, 4.69) is 0 Å². The van der Waals surface area contributed by atoms with Crippen molar-refractivity contribution in [3.8, 4) is 11.5 Å². The van der Waals surface area contributed by atoms with Gasteiger partial charge in [-0.15, -0.1) is 0 Å². The molecule has 0 spiro atoms. The lowest BCUT2D eigenvalue weighted by atomic mass is 10.1. The molecule has 0 saturated carbocycles. The molecule has 0 atom stereocenters. The van der Waals surface area contributed by atoms with E-state index in [4.69, 9.17) is 19.3 Å². The summed E-state index contributed by atoms with van der Waals surface area (Å²) in [5.41, 5.74) is 1.27. The maximum Gasteiger partial charge on any atom is 0.338 e. The van der Waals surface area contributed by atoms with Gasteiger partial charge in [0.2, 0.25) is 0 Å². The number of carbonyl (C=O) groups is 2. The fourth-order valence-corrected chi connectivity index (χ4v) is 2.22. The topological polar surface area (TPSA) is 82.1 Å². The van der Waals surface area contributed by atoms with Gasteiger partial charge in [-0.25, -0.2) is 4.79 Å². The van der Waals surface area contributed by atoms with Crippen LogP contribution in [0.5, 0.6) is 11.5 Å². The van der Waals surface area contributed by atoms with Gasteiger partial charge in [0, 0.05) is 17.7 Å². The van der Waals surface area contributed by atoms with Crippen LogP contribution in [0.25, 0.3) is 0 Å². The summed E-state index contributed by atoms with van der Waals surface area (Å²) in [7, 11) is 2.81. The summed E-state index contributed by atoms with van der Waals surface area (Å²) in [4.78, 5) is 23.9. The molecule has 0 aliphatic rings. The molecule has 2 aromatic rings. The molecule has 1 N–H and O–H groups in total. The minimum Gasteiger partial charge on any atom is -0.515 e. The molecule has 6 heteroatoms. The summed E-state index contributed by atoms with van der Waals surface area (Å²) < 4.78 is 15.6. The van der Waals surface area contributed by atoms with Crippen molar-refractivity contribution in [2.45, 2.75) is 6.61 Å². The maximum atomic E-state index is 12.1. The number of rotatable bonds is 7. The van der Waals surface area contributed by atoms with Crippen LogP contribution in [0.1, 0.15) is 26.3 Å². The Kier molecular flexibility index (Phi) is 6.17. The lowest BCUT2D eigenvalue weighted by molar-refractivity contribution is 0.0597. The minimum atomic E-state index is -0.468. The number of hydrogen-bond donors (Lipinski definition) is 1. The highest BCUT2D eigenvalue weighted by Gasteiger charge is 2.15. The number of ether oxygens (including phenoxy) is 3. The van der Waals surface area contributed by atoms with E-state index in [0.29, 0.717) is 23.1 Å². The monoisotopic (exact) mass is 342 g/mol. The SMILES string of the molecule is COC(=O)c1ccccc1COc1cc(OC)ccc1C(=O)/C=C/O. The lowest BCUT2D eigenvalue weighted by Gasteiger charge is -2.13. The molecular weight excluding hydrogens is 324 g/mol. The summed E-state index contributed by atoms with van der Waals surface area (Å²) in [6.45, 7) is 0.0571. The highest BCUT2D eigenvalue weighted by molar-refractivity contribution is 6.06. The first kappa shape index (κ1) is 18.1. The molecule has 0 heterocycles. The summed E-state index contributed by atoms with van der Waals surface area (Å²) in [6.07, 6.45) is 1.69. The van der Waals surface area contributed by atoms with Crippen LogP contribution in [0.4, 0.5) is 0 Å². The molecule has 0 amide bonds. The highest BCUT2D eigenvalue weighted by atomic mass is 16.5. The molecule has 0 unspecified atom stereocenters. The molecule has 2 aromatic carbocycles. The van der Waals surface area contributed by atoms with Crippen LogP contribution in [0, 0.1) is 0 Å². The van der Waals surface area contributed by atoms with Gasteiger partial charge in [0.25, 0.3) is 0 Å². The van der Waals surface area contributed by atoms with Crippen molar-refractivity contribution in [3.63, 3.8) is 0 Å². The van der Waals surface area contributed by atoms with Crippen LogP contribution in [-0.4, -0.2) is 31.1 Å². The zero-order valence-electron chi connectivity index (χ0n) is 13.9. The predicted molar refractivity (Wildman–Crippen MR) is 91.2 cm³/mol. The van der Waals surface area contributed by atoms with E-state index in [0.717, 1.165) is 6.08 Å². The van der Waals surface area contributed by atoms with Gasteiger partial charge in [0.1, 0.15) is 18.1 Å². The number of benzene rings is 2. The second-order valence-corrected chi connectivity index (χ2v) is 4.98. The quantitative estimate of drug-likeness (QED) is 0.360. The molecule has 0 aromatic heterocycles. The third-order valence-corrected chi connectivity index (χ3v) is 3.49. The molecule has 130 valence electrons. The smallest absolute Gasteiger partial charge is 0.338 e. The van der Waals surface area contributed by atoms with E-state index >= 15 is 0 Å². The number of methoxy groups -OCH3 is 2. The molecule has 25 heavy (non-hydrogen) atoms. The summed E-state index contributed by atoms with van der Waals surface area (Å²) in [5.74, 6) is -0.0892. The Morgan fingerprint density at radius 2 is 1.84 bits per heavy atom. The number of ketones is 1. The van der Waals surface area contributed by atoms with Crippen molar-refractivity contribution < 1.29 is 28.9 Å². The van der Waals surface area contributed by atoms with Gasteiger partial charge >= 0.3 is 5.97 Å². The van der Waals surface area contributed by atoms with Gasteiger partial charge in [-0.3, -0.25) is 4.79 Å². The van der Waals surface area contributed by atoms with Crippen LogP contribution in [0.15, 0.2) is 54.8 Å². The normalized spacial score (nSPS) is 10.5. The lowest BCUT2D eigenvalue weighted by Crippen LogP contribution is -2.09. The van der Waals surface area contributed by atoms with Crippen molar-refractivity contribution in [1.29, 1.82) is 0 Å². The molecule has 0 aliphatic heterocycles. The molecule has 0 bridgehead atoms. The zero-order valence-corrected chi connectivity index (χ0v) is 13.9. The number of carbonyl (C=O) groups excluding carboxylic acids is 2. The molecule has 0 fully saturated rings. The Labute approximate surface area is 145 Å². The number of esters is 1. The Morgan fingerprint density at radius 1 is 1.08 bits per heavy atom. The number of hydrogen-bond acceptors (Lipinski definition) is 6. The van der Waals surface area contributed by atoms with Gasteiger partial charge in [-0.1, -0.05) is 18.2 Å². The summed E-state index contributed by atoms with van der Waals surface area (Å²) in [6, 6.07) is 11.6. The number of allylic oxidation sites excluding steroid dienone is 1. The third-order valence-electron chi connectivity index (χ3n) is 3.49. The molecule has 0 saturated heterocycles. The predicted octanol–water partition coefficient (Wildman–Crippen LogP) is 3.32. The Morgan fingerprint density at radius 3 is 2.52 bits per heavy atom. The van der Waals surface area contributed by atoms with E-state index in [9.17, 15) is 9.59 Å². The van der Waals surface area contributed by atoms with Crippen LogP contribution in [0.3, 0.4) is 0 Å². The Balaban J connectivity index is 2.31. The van der Waals surface area contributed by atoms with Gasteiger partial charge in [0.15, 0.2) is 5.78 Å². The Bertz CT molecular complexity index is 794. The van der Waals surface area contributed by atoms with Gasteiger partial charge in [0.05, 0.1) is 31.6 Å². The van der Waals surface area contributed by atoms with Gasteiger partial charge in [-0.2, -0.15) is 0 Å². The average Bonchev–Trinajstić information content (AvgIpc) is 2.65. The van der Waals surface area contributed by atoms with E-state index in [1.807, 2.05) is 0 Å². The first-order chi connectivity index (χ1) is 12.1. The van der Waals surface area contributed by atoms with Gasteiger partial charge in [-0.05, 0) is 18.2 Å². The largest absolute Gasteiger partial charge is 0.515 e. The summed E-state index contributed by atoms with van der Waals surface area (Å²) in [5, 5.41) is 8.80.